The van der Waals surface area contributed by atoms with Gasteiger partial charge < -0.3 is 9.64 Å². The maximum absolute atomic E-state index is 11.0. The summed E-state index contributed by atoms with van der Waals surface area (Å²) in [7, 11) is -3.96. The number of nitrogens with zero attached hydrogens (tertiary/aromatic N) is 1. The normalized spacial score (nSPS) is 13.3. The van der Waals surface area contributed by atoms with E-state index >= 15 is 0 Å². The second kappa shape index (κ2) is 5.86. The van der Waals surface area contributed by atoms with Crippen molar-refractivity contribution in [3.8, 4) is 11.5 Å². The van der Waals surface area contributed by atoms with Crippen LogP contribution in [0.15, 0.2) is 36.4 Å². The van der Waals surface area contributed by atoms with E-state index in [0.717, 1.165) is 34.0 Å². The fourth-order valence-electron chi connectivity index (χ4n) is 2.91. The van der Waals surface area contributed by atoms with Crippen LogP contribution in [0.4, 0.5) is 11.4 Å². The van der Waals surface area contributed by atoms with Crippen molar-refractivity contribution in [1.82, 2.24) is 0 Å². The van der Waals surface area contributed by atoms with E-state index in [9.17, 15) is 8.42 Å². The monoisotopic (exact) mass is 333 g/mol. The first-order valence-electron chi connectivity index (χ1n) is 7.46. The van der Waals surface area contributed by atoms with Gasteiger partial charge in [-0.15, -0.1) is 0 Å². The molecule has 0 bridgehead atoms. The highest BCUT2D eigenvalue weighted by Crippen LogP contribution is 2.49. The van der Waals surface area contributed by atoms with Gasteiger partial charge in [0, 0.05) is 6.54 Å². The Hall–Kier alpha value is -2.05. The zero-order valence-corrected chi connectivity index (χ0v) is 13.9. The Morgan fingerprint density at radius 1 is 1.09 bits per heavy atom. The van der Waals surface area contributed by atoms with Gasteiger partial charge >= 0.3 is 0 Å². The van der Waals surface area contributed by atoms with Crippen LogP contribution in [0.2, 0.25) is 0 Å². The Morgan fingerprint density at radius 3 is 2.52 bits per heavy atom. The third kappa shape index (κ3) is 3.18. The summed E-state index contributed by atoms with van der Waals surface area (Å²) in [5.74, 6) is 1.29. The highest BCUT2D eigenvalue weighted by atomic mass is 32.2. The smallest absolute Gasteiger partial charge is 0.264 e. The van der Waals surface area contributed by atoms with Crippen molar-refractivity contribution in [2.45, 2.75) is 20.3 Å². The number of fused-ring (bicyclic) bond motifs is 2. The van der Waals surface area contributed by atoms with Crippen LogP contribution in [-0.2, 0) is 10.1 Å². The average molecular weight is 333 g/mol. The van der Waals surface area contributed by atoms with Crippen molar-refractivity contribution >= 4 is 21.5 Å². The van der Waals surface area contributed by atoms with Crippen LogP contribution in [0.5, 0.6) is 11.5 Å². The summed E-state index contributed by atoms with van der Waals surface area (Å²) >= 11 is 0. The van der Waals surface area contributed by atoms with Gasteiger partial charge in [0.2, 0.25) is 0 Å². The molecular formula is C17H19NO4S. The number of aryl methyl sites for hydroxylation is 2. The fourth-order valence-corrected chi connectivity index (χ4v) is 3.40. The van der Waals surface area contributed by atoms with Crippen molar-refractivity contribution in [2.75, 3.05) is 17.2 Å². The zero-order valence-electron chi connectivity index (χ0n) is 13.1. The molecule has 0 fully saturated rings. The molecule has 0 saturated carbocycles. The standard InChI is InChI=1S/C17H19NO4S/c1-12-6-4-9-15-16(12)18(10-5-11-23(19,20)21)14-8-3-7-13(2)17(14)22-15/h3-4,6-9H,5,10-11H2,1-2H3,(H,19,20,21). The topological polar surface area (TPSA) is 66.8 Å². The van der Waals surface area contributed by atoms with Crippen LogP contribution < -0.4 is 9.64 Å². The SMILES string of the molecule is Cc1cccc2c1Oc1cccc(C)c1N2CCCS(=O)(=O)O. The van der Waals surface area contributed by atoms with Gasteiger partial charge in [-0.05, 0) is 43.5 Å². The van der Waals surface area contributed by atoms with E-state index in [2.05, 4.69) is 4.90 Å². The van der Waals surface area contributed by atoms with Crippen molar-refractivity contribution in [3.05, 3.63) is 47.5 Å². The predicted molar refractivity (Wildman–Crippen MR) is 90.5 cm³/mol. The van der Waals surface area contributed by atoms with Gasteiger partial charge in [0.05, 0.1) is 17.1 Å². The van der Waals surface area contributed by atoms with E-state index in [1.807, 2.05) is 50.2 Å². The summed E-state index contributed by atoms with van der Waals surface area (Å²) in [6.45, 7) is 4.46. The molecule has 23 heavy (non-hydrogen) atoms. The Labute approximate surface area is 136 Å². The molecule has 3 rings (SSSR count). The minimum atomic E-state index is -3.96. The number of rotatable bonds is 4. The first-order valence-corrected chi connectivity index (χ1v) is 9.07. The molecule has 0 aromatic heterocycles. The first-order chi connectivity index (χ1) is 10.9. The molecule has 0 aliphatic carbocycles. The molecule has 2 aromatic carbocycles. The van der Waals surface area contributed by atoms with Crippen molar-refractivity contribution in [2.24, 2.45) is 0 Å². The number of ether oxygens (including phenoxy) is 1. The number of anilines is 2. The molecule has 1 heterocycles. The number of para-hydroxylation sites is 2. The Morgan fingerprint density at radius 2 is 1.78 bits per heavy atom. The lowest BCUT2D eigenvalue weighted by Crippen LogP contribution is -2.25. The molecule has 0 spiro atoms. The van der Waals surface area contributed by atoms with E-state index in [4.69, 9.17) is 9.29 Å². The van der Waals surface area contributed by atoms with Gasteiger partial charge in [0.25, 0.3) is 10.1 Å². The summed E-state index contributed by atoms with van der Waals surface area (Å²) in [4.78, 5) is 2.07. The number of hydrogen-bond donors (Lipinski definition) is 1. The zero-order chi connectivity index (χ0) is 16.6. The molecule has 2 aromatic rings. The third-order valence-electron chi connectivity index (χ3n) is 3.95. The Kier molecular flexibility index (Phi) is 4.04. The van der Waals surface area contributed by atoms with Crippen LogP contribution in [-0.4, -0.2) is 25.3 Å². The quantitative estimate of drug-likeness (QED) is 0.862. The van der Waals surface area contributed by atoms with Gasteiger partial charge in [-0.25, -0.2) is 0 Å². The van der Waals surface area contributed by atoms with Gasteiger partial charge in [0.15, 0.2) is 11.5 Å². The summed E-state index contributed by atoms with van der Waals surface area (Å²) < 4.78 is 37.0. The van der Waals surface area contributed by atoms with E-state index in [-0.39, 0.29) is 5.75 Å². The van der Waals surface area contributed by atoms with Crippen molar-refractivity contribution < 1.29 is 17.7 Å². The number of hydrogen-bond acceptors (Lipinski definition) is 4. The third-order valence-corrected chi connectivity index (χ3v) is 4.75. The highest BCUT2D eigenvalue weighted by molar-refractivity contribution is 7.85. The molecule has 6 heteroatoms. The molecule has 0 amide bonds. The minimum Gasteiger partial charge on any atom is -0.453 e. The molecular weight excluding hydrogens is 314 g/mol. The van der Waals surface area contributed by atoms with Gasteiger partial charge in [-0.1, -0.05) is 24.3 Å². The van der Waals surface area contributed by atoms with E-state index in [1.54, 1.807) is 0 Å². The maximum Gasteiger partial charge on any atom is 0.264 e. The minimum absolute atomic E-state index is 0.257. The lowest BCUT2D eigenvalue weighted by Gasteiger charge is -2.34. The Balaban J connectivity index is 2.02. The molecule has 1 N–H and O–H groups in total. The van der Waals surface area contributed by atoms with E-state index in [1.165, 1.54) is 0 Å². The van der Waals surface area contributed by atoms with Gasteiger partial charge in [-0.2, -0.15) is 8.42 Å². The summed E-state index contributed by atoms with van der Waals surface area (Å²) in [5, 5.41) is 0. The van der Waals surface area contributed by atoms with Crippen LogP contribution >= 0.6 is 0 Å². The Bertz CT molecular complexity index is 846. The molecule has 0 radical (unpaired) electrons. The number of benzene rings is 2. The van der Waals surface area contributed by atoms with E-state index in [0.29, 0.717) is 13.0 Å². The second-order valence-corrected chi connectivity index (χ2v) is 7.31. The van der Waals surface area contributed by atoms with Gasteiger partial charge in [0.1, 0.15) is 0 Å². The van der Waals surface area contributed by atoms with Crippen LogP contribution in [0.1, 0.15) is 17.5 Å². The maximum atomic E-state index is 11.0. The lowest BCUT2D eigenvalue weighted by molar-refractivity contribution is 0.467. The molecule has 0 atom stereocenters. The van der Waals surface area contributed by atoms with E-state index < -0.39 is 10.1 Å². The molecule has 1 aliphatic heterocycles. The first kappa shape index (κ1) is 15.8. The second-order valence-electron chi connectivity index (χ2n) is 5.74. The molecule has 1 aliphatic rings. The highest BCUT2D eigenvalue weighted by Gasteiger charge is 2.26. The fraction of sp³-hybridized carbons (Fsp3) is 0.294. The van der Waals surface area contributed by atoms with Crippen LogP contribution in [0, 0.1) is 13.8 Å². The van der Waals surface area contributed by atoms with Crippen LogP contribution in [0.25, 0.3) is 0 Å². The molecule has 0 saturated heterocycles. The van der Waals surface area contributed by atoms with Gasteiger partial charge in [-0.3, -0.25) is 4.55 Å². The molecule has 0 unspecified atom stereocenters. The summed E-state index contributed by atoms with van der Waals surface area (Å²) in [5.41, 5.74) is 3.94. The summed E-state index contributed by atoms with van der Waals surface area (Å²) in [6.07, 6.45) is 0.333. The van der Waals surface area contributed by atoms with Crippen LogP contribution in [0.3, 0.4) is 0 Å². The lowest BCUT2D eigenvalue weighted by atomic mass is 10.1. The summed E-state index contributed by atoms with van der Waals surface area (Å²) in [6, 6.07) is 11.7. The average Bonchev–Trinajstić information content (AvgIpc) is 2.46. The molecule has 5 nitrogen and oxygen atoms in total. The van der Waals surface area contributed by atoms with Crippen molar-refractivity contribution in [3.63, 3.8) is 0 Å². The predicted octanol–water partition coefficient (Wildman–Crippen LogP) is 3.83. The largest absolute Gasteiger partial charge is 0.453 e. The molecule has 122 valence electrons. The van der Waals surface area contributed by atoms with Crippen molar-refractivity contribution in [1.29, 1.82) is 0 Å².